The summed E-state index contributed by atoms with van der Waals surface area (Å²) >= 11 is 0. The fourth-order valence-corrected chi connectivity index (χ4v) is 3.16. The molecule has 0 spiro atoms. The smallest absolute Gasteiger partial charge is 0.0317 e. The summed E-state index contributed by atoms with van der Waals surface area (Å²) in [5.74, 6) is 0. The largest absolute Gasteiger partial charge is 0.309 e. The maximum Gasteiger partial charge on any atom is 0.0317 e. The lowest BCUT2D eigenvalue weighted by Crippen LogP contribution is -2.40. The number of hydrogen-bond acceptors (Lipinski definition) is 1. The van der Waals surface area contributed by atoms with Gasteiger partial charge in [0, 0.05) is 12.6 Å². The summed E-state index contributed by atoms with van der Waals surface area (Å²) < 4.78 is 0. The summed E-state index contributed by atoms with van der Waals surface area (Å²) in [6.45, 7) is 8.03. The molecule has 0 bridgehead atoms. The maximum atomic E-state index is 3.82. The molecule has 0 aliphatic heterocycles. The normalized spacial score (nSPS) is 18.9. The summed E-state index contributed by atoms with van der Waals surface area (Å²) in [5.41, 5.74) is 3.49. The summed E-state index contributed by atoms with van der Waals surface area (Å²) in [5, 5.41) is 3.82. The van der Waals surface area contributed by atoms with Crippen molar-refractivity contribution in [2.75, 3.05) is 6.54 Å². The zero-order chi connectivity index (χ0) is 13.7. The molecule has 1 saturated carbocycles. The molecule has 0 aromatic heterocycles. The van der Waals surface area contributed by atoms with Gasteiger partial charge < -0.3 is 5.32 Å². The van der Waals surface area contributed by atoms with E-state index >= 15 is 0 Å². The van der Waals surface area contributed by atoms with Crippen molar-refractivity contribution in [2.24, 2.45) is 5.41 Å². The van der Waals surface area contributed by atoms with E-state index in [1.165, 1.54) is 49.8 Å². The van der Waals surface area contributed by atoms with E-state index in [1.807, 2.05) is 0 Å². The van der Waals surface area contributed by atoms with Gasteiger partial charge in [-0.05, 0) is 48.6 Å². The molecule has 1 atom stereocenters. The summed E-state index contributed by atoms with van der Waals surface area (Å²) in [4.78, 5) is 0. The van der Waals surface area contributed by atoms with Crippen molar-refractivity contribution in [2.45, 2.75) is 65.3 Å². The van der Waals surface area contributed by atoms with Gasteiger partial charge in [0.25, 0.3) is 0 Å². The van der Waals surface area contributed by atoms with E-state index in [1.54, 1.807) is 0 Å². The highest BCUT2D eigenvalue weighted by Crippen LogP contribution is 2.43. The second kappa shape index (κ2) is 6.56. The molecule has 0 radical (unpaired) electrons. The van der Waals surface area contributed by atoms with E-state index in [0.717, 1.165) is 6.42 Å². The molecule has 0 saturated heterocycles. The van der Waals surface area contributed by atoms with E-state index in [2.05, 4.69) is 50.4 Å². The summed E-state index contributed by atoms with van der Waals surface area (Å²) in [7, 11) is 0. The first-order valence-corrected chi connectivity index (χ1v) is 8.05. The molecule has 1 unspecified atom stereocenters. The van der Waals surface area contributed by atoms with Gasteiger partial charge in [-0.25, -0.2) is 0 Å². The van der Waals surface area contributed by atoms with Crippen LogP contribution < -0.4 is 5.32 Å². The van der Waals surface area contributed by atoms with Gasteiger partial charge in [0.05, 0.1) is 0 Å². The molecule has 0 amide bonds. The number of benzene rings is 1. The van der Waals surface area contributed by atoms with Crippen LogP contribution in [0.4, 0.5) is 0 Å². The lowest BCUT2D eigenvalue weighted by molar-refractivity contribution is 0.118. The molecule has 0 heterocycles. The molecule has 1 nitrogen and oxygen atoms in total. The van der Waals surface area contributed by atoms with E-state index in [4.69, 9.17) is 0 Å². The van der Waals surface area contributed by atoms with Crippen LogP contribution in [0.5, 0.6) is 0 Å². The van der Waals surface area contributed by atoms with Crippen LogP contribution in [-0.2, 0) is 6.42 Å². The maximum absolute atomic E-state index is 3.82. The fourth-order valence-electron chi connectivity index (χ4n) is 3.16. The topological polar surface area (TPSA) is 12.0 Å². The average molecular weight is 259 g/mol. The molecular formula is C18H29N. The Balaban J connectivity index is 1.95. The van der Waals surface area contributed by atoms with E-state index < -0.39 is 0 Å². The minimum absolute atomic E-state index is 0.523. The minimum Gasteiger partial charge on any atom is -0.309 e. The molecule has 1 aliphatic rings. The van der Waals surface area contributed by atoms with Crippen LogP contribution in [0.3, 0.4) is 0 Å². The SMILES string of the molecule is CCc1ccc(C(CC)NCC2(CC)CCC2)cc1. The van der Waals surface area contributed by atoms with E-state index in [0.29, 0.717) is 11.5 Å². The molecule has 106 valence electrons. The third-order valence-electron chi connectivity index (χ3n) is 5.09. The van der Waals surface area contributed by atoms with Gasteiger partial charge in [-0.3, -0.25) is 0 Å². The first-order chi connectivity index (χ1) is 9.23. The van der Waals surface area contributed by atoms with Crippen molar-refractivity contribution < 1.29 is 0 Å². The molecule has 1 aliphatic carbocycles. The van der Waals surface area contributed by atoms with Gasteiger partial charge in [-0.2, -0.15) is 0 Å². The Morgan fingerprint density at radius 3 is 2.21 bits per heavy atom. The predicted molar refractivity (Wildman–Crippen MR) is 83.4 cm³/mol. The van der Waals surface area contributed by atoms with Crippen molar-refractivity contribution >= 4 is 0 Å². The van der Waals surface area contributed by atoms with Crippen molar-refractivity contribution in [1.82, 2.24) is 5.32 Å². The molecular weight excluding hydrogens is 230 g/mol. The summed E-state index contributed by atoms with van der Waals surface area (Å²) in [6.07, 6.45) is 7.89. The van der Waals surface area contributed by atoms with Gasteiger partial charge in [-0.1, -0.05) is 51.5 Å². The van der Waals surface area contributed by atoms with Crippen LogP contribution in [0.1, 0.15) is 70.0 Å². The third-order valence-corrected chi connectivity index (χ3v) is 5.09. The van der Waals surface area contributed by atoms with Gasteiger partial charge in [-0.15, -0.1) is 0 Å². The van der Waals surface area contributed by atoms with E-state index in [-0.39, 0.29) is 0 Å². The third kappa shape index (κ3) is 3.39. The fraction of sp³-hybridized carbons (Fsp3) is 0.667. The standard InChI is InChI=1S/C18H29N/c1-4-15-8-10-16(11-9-15)17(5-2)19-14-18(6-3)12-7-13-18/h8-11,17,19H,4-7,12-14H2,1-3H3. The molecule has 2 rings (SSSR count). The predicted octanol–water partition coefficient (Wildman–Crippen LogP) is 4.87. The molecule has 19 heavy (non-hydrogen) atoms. The Morgan fingerprint density at radius 2 is 1.79 bits per heavy atom. The quantitative estimate of drug-likeness (QED) is 0.736. The van der Waals surface area contributed by atoms with Crippen LogP contribution in [0.25, 0.3) is 0 Å². The van der Waals surface area contributed by atoms with E-state index in [9.17, 15) is 0 Å². The van der Waals surface area contributed by atoms with Crippen molar-refractivity contribution in [3.05, 3.63) is 35.4 Å². The number of aryl methyl sites for hydroxylation is 1. The van der Waals surface area contributed by atoms with Gasteiger partial charge in [0.1, 0.15) is 0 Å². The van der Waals surface area contributed by atoms with Gasteiger partial charge >= 0.3 is 0 Å². The summed E-state index contributed by atoms with van der Waals surface area (Å²) in [6, 6.07) is 9.69. The molecule has 1 N–H and O–H groups in total. The number of hydrogen-bond donors (Lipinski definition) is 1. The highest BCUT2D eigenvalue weighted by atomic mass is 14.9. The Bertz CT molecular complexity index is 370. The Morgan fingerprint density at radius 1 is 1.11 bits per heavy atom. The van der Waals surface area contributed by atoms with Crippen molar-refractivity contribution in [3.8, 4) is 0 Å². The Kier molecular flexibility index (Phi) is 5.04. The van der Waals surface area contributed by atoms with Crippen molar-refractivity contribution in [1.29, 1.82) is 0 Å². The Labute approximate surface area is 118 Å². The van der Waals surface area contributed by atoms with Crippen LogP contribution in [-0.4, -0.2) is 6.54 Å². The zero-order valence-electron chi connectivity index (χ0n) is 12.8. The van der Waals surface area contributed by atoms with Crippen LogP contribution >= 0.6 is 0 Å². The first-order valence-electron chi connectivity index (χ1n) is 8.05. The average Bonchev–Trinajstić information content (AvgIpc) is 2.42. The lowest BCUT2D eigenvalue weighted by Gasteiger charge is -2.42. The lowest BCUT2D eigenvalue weighted by atomic mass is 9.67. The van der Waals surface area contributed by atoms with Crippen LogP contribution in [0.2, 0.25) is 0 Å². The molecule has 1 fully saturated rings. The van der Waals surface area contributed by atoms with Crippen molar-refractivity contribution in [3.63, 3.8) is 0 Å². The number of rotatable bonds is 7. The van der Waals surface area contributed by atoms with Crippen LogP contribution in [0.15, 0.2) is 24.3 Å². The van der Waals surface area contributed by atoms with Gasteiger partial charge in [0.2, 0.25) is 0 Å². The highest BCUT2D eigenvalue weighted by Gasteiger charge is 2.35. The monoisotopic (exact) mass is 259 g/mol. The van der Waals surface area contributed by atoms with Gasteiger partial charge in [0.15, 0.2) is 0 Å². The number of nitrogens with one attached hydrogen (secondary N) is 1. The molecule has 1 aromatic carbocycles. The minimum atomic E-state index is 0.523. The Hall–Kier alpha value is -0.820. The molecule has 1 heteroatoms. The molecule has 1 aromatic rings. The van der Waals surface area contributed by atoms with Crippen LogP contribution in [0, 0.1) is 5.41 Å². The highest BCUT2D eigenvalue weighted by molar-refractivity contribution is 5.25. The zero-order valence-corrected chi connectivity index (χ0v) is 12.8. The second-order valence-corrected chi connectivity index (χ2v) is 6.14. The second-order valence-electron chi connectivity index (χ2n) is 6.14. The first kappa shape index (κ1) is 14.6.